The predicted molar refractivity (Wildman–Crippen MR) is 185 cm³/mol. The lowest BCUT2D eigenvalue weighted by Gasteiger charge is -2.35. The van der Waals surface area contributed by atoms with Crippen LogP contribution in [0.4, 0.5) is 0 Å². The minimum Gasteiger partial charge on any atom is -0.459 e. The molecule has 5 heterocycles. The van der Waals surface area contributed by atoms with Crippen LogP contribution in [0.2, 0.25) is 0 Å². The van der Waals surface area contributed by atoms with E-state index in [-0.39, 0.29) is 30.3 Å². The molecule has 6 N–H and O–H groups in total. The highest BCUT2D eigenvalue weighted by Crippen LogP contribution is 2.33. The van der Waals surface area contributed by atoms with E-state index in [1.54, 1.807) is 0 Å². The SMILES string of the molecule is CCCCCCC[C@H](O)C[C@@H]1CC[C@H]2C(C(=O)O[C@H](C)CCCCCCC[C@@H]3C[C@@H]4CC[C@@H]5C[C@H](C)NC(=[N+]54)N3)=C(C)NC(N)=[N+]12. The molecular formula is C37H66N6O3+2. The van der Waals surface area contributed by atoms with Crippen LogP contribution in [0.1, 0.15) is 156 Å². The van der Waals surface area contributed by atoms with Crippen LogP contribution < -0.4 is 21.7 Å². The van der Waals surface area contributed by atoms with Gasteiger partial charge in [-0.05, 0) is 72.1 Å². The van der Waals surface area contributed by atoms with Gasteiger partial charge in [0.1, 0.15) is 11.6 Å². The first-order valence-corrected chi connectivity index (χ1v) is 19.2. The Morgan fingerprint density at radius 2 is 1.63 bits per heavy atom. The number of fused-ring (bicyclic) bond motifs is 1. The van der Waals surface area contributed by atoms with Gasteiger partial charge >= 0.3 is 17.9 Å². The van der Waals surface area contributed by atoms with Crippen molar-refractivity contribution in [2.45, 2.75) is 205 Å². The van der Waals surface area contributed by atoms with Gasteiger partial charge in [0.05, 0.1) is 48.1 Å². The molecule has 2 saturated heterocycles. The third-order valence-electron chi connectivity index (χ3n) is 11.5. The number of carbonyl (C=O) groups is 1. The van der Waals surface area contributed by atoms with E-state index >= 15 is 0 Å². The molecule has 0 aromatic carbocycles. The summed E-state index contributed by atoms with van der Waals surface area (Å²) in [5.41, 5.74) is 7.96. The highest BCUT2D eigenvalue weighted by molar-refractivity contribution is 5.93. The Bertz CT molecular complexity index is 1130. The van der Waals surface area contributed by atoms with Crippen LogP contribution in [-0.2, 0) is 9.53 Å². The number of carbonyl (C=O) groups excluding carboxylic acids is 1. The molecule has 5 rings (SSSR count). The Labute approximate surface area is 278 Å². The lowest BCUT2D eigenvalue weighted by molar-refractivity contribution is -0.593. The molecule has 0 radical (unpaired) electrons. The van der Waals surface area contributed by atoms with Crippen LogP contribution in [0.15, 0.2) is 11.3 Å². The van der Waals surface area contributed by atoms with E-state index in [0.29, 0.717) is 30.0 Å². The van der Waals surface area contributed by atoms with E-state index in [1.807, 2.05) is 13.8 Å². The average molecular weight is 643 g/mol. The second kappa shape index (κ2) is 16.7. The van der Waals surface area contributed by atoms with Crippen molar-refractivity contribution in [3.8, 4) is 0 Å². The molecule has 0 saturated carbocycles. The van der Waals surface area contributed by atoms with Gasteiger partial charge in [-0.3, -0.25) is 25.5 Å². The zero-order valence-electron chi connectivity index (χ0n) is 29.5. The molecule has 5 aliphatic rings. The molecular weight excluding hydrogens is 576 g/mol. The number of aliphatic hydroxyl groups excluding tert-OH is 1. The summed E-state index contributed by atoms with van der Waals surface area (Å²) in [6.45, 7) is 8.49. The van der Waals surface area contributed by atoms with Crippen LogP contribution in [0, 0.1) is 0 Å². The van der Waals surface area contributed by atoms with Crippen LogP contribution >= 0.6 is 0 Å². The molecule has 0 unspecified atom stereocenters. The molecule has 0 aromatic rings. The van der Waals surface area contributed by atoms with E-state index in [4.69, 9.17) is 10.5 Å². The van der Waals surface area contributed by atoms with Gasteiger partial charge in [0.25, 0.3) is 0 Å². The van der Waals surface area contributed by atoms with E-state index in [0.717, 1.165) is 56.3 Å². The van der Waals surface area contributed by atoms with E-state index in [1.165, 1.54) is 89.4 Å². The zero-order chi connectivity index (χ0) is 32.6. The number of hydrogen-bond donors (Lipinski definition) is 5. The maximum absolute atomic E-state index is 13.4. The van der Waals surface area contributed by atoms with Crippen molar-refractivity contribution in [3.63, 3.8) is 0 Å². The Kier molecular flexibility index (Phi) is 12.7. The summed E-state index contributed by atoms with van der Waals surface area (Å²) >= 11 is 0. The Morgan fingerprint density at radius 3 is 2.41 bits per heavy atom. The maximum atomic E-state index is 13.4. The first-order valence-electron chi connectivity index (χ1n) is 19.2. The fraction of sp³-hybridized carbons (Fsp3) is 0.865. The molecule has 0 spiro atoms. The summed E-state index contributed by atoms with van der Waals surface area (Å²) in [6.07, 6.45) is 22.3. The number of hydrogen-bond acceptors (Lipinski definition) is 7. The van der Waals surface area contributed by atoms with Gasteiger partial charge < -0.3 is 9.84 Å². The van der Waals surface area contributed by atoms with Gasteiger partial charge in [-0.25, -0.2) is 10.1 Å². The largest absolute Gasteiger partial charge is 0.459 e. The topological polar surface area (TPSA) is 115 Å². The number of guanidine groups is 2. The van der Waals surface area contributed by atoms with Crippen LogP contribution in [-0.4, -0.2) is 80.6 Å². The molecule has 0 amide bonds. The number of aliphatic hydroxyl groups is 1. The summed E-state index contributed by atoms with van der Waals surface area (Å²) in [7, 11) is 0. The quantitative estimate of drug-likeness (QED) is 0.0800. The fourth-order valence-electron chi connectivity index (χ4n) is 9.15. The first kappa shape index (κ1) is 35.0. The fourth-order valence-corrected chi connectivity index (χ4v) is 9.15. The summed E-state index contributed by atoms with van der Waals surface area (Å²) < 4.78 is 10.8. The Morgan fingerprint density at radius 1 is 0.935 bits per heavy atom. The minimum atomic E-state index is -0.331. The second-order valence-corrected chi connectivity index (χ2v) is 15.4. The molecule has 9 heteroatoms. The van der Waals surface area contributed by atoms with Gasteiger partial charge in [0.2, 0.25) is 0 Å². The number of ether oxygens (including phenoxy) is 1. The Balaban J connectivity index is 0.975. The van der Waals surface area contributed by atoms with Crippen molar-refractivity contribution < 1.29 is 23.8 Å². The van der Waals surface area contributed by atoms with Crippen LogP contribution in [0.5, 0.6) is 0 Å². The van der Waals surface area contributed by atoms with Crippen molar-refractivity contribution in [1.29, 1.82) is 0 Å². The molecule has 9 nitrogen and oxygen atoms in total. The van der Waals surface area contributed by atoms with Crippen molar-refractivity contribution in [2.75, 3.05) is 0 Å². The standard InChI is InChI=1S/C37H64N6O3/c1-5-6-7-9-14-17-32(44)24-31-20-21-33-34(27(4)40-36(38)43(31)33)35(45)46-26(3)15-12-10-8-11-13-16-28-23-30-19-18-29-22-25(2)39-37(41-28)42(29)30/h25-26,28-33,44H,5-24H2,1-4H3,(H3,38,39,40,41,45)/p+2/t25-,26+,28+,29+,30-,31-,32-,33-/m0/s1. The second-order valence-electron chi connectivity index (χ2n) is 15.4. The van der Waals surface area contributed by atoms with Crippen LogP contribution in [0.3, 0.4) is 0 Å². The zero-order valence-corrected chi connectivity index (χ0v) is 29.5. The predicted octanol–water partition coefficient (Wildman–Crippen LogP) is 5.14. The molecule has 0 aromatic heterocycles. The summed E-state index contributed by atoms with van der Waals surface area (Å²) in [5.74, 6) is 1.69. The summed E-state index contributed by atoms with van der Waals surface area (Å²) in [4.78, 5) is 13.4. The van der Waals surface area contributed by atoms with Gasteiger partial charge in [-0.2, -0.15) is 0 Å². The molecule has 46 heavy (non-hydrogen) atoms. The molecule has 0 aliphatic carbocycles. The summed E-state index contributed by atoms with van der Waals surface area (Å²) in [5, 5.41) is 21.6. The Hall–Kier alpha value is -2.29. The molecule has 2 fully saturated rings. The van der Waals surface area contributed by atoms with E-state index < -0.39 is 0 Å². The smallest absolute Gasteiger partial charge is 0.348 e. The van der Waals surface area contributed by atoms with Crippen molar-refractivity contribution in [1.82, 2.24) is 16.0 Å². The number of esters is 1. The van der Waals surface area contributed by atoms with Gasteiger partial charge in [0, 0.05) is 19.3 Å². The molecule has 260 valence electrons. The van der Waals surface area contributed by atoms with Gasteiger partial charge in [-0.1, -0.05) is 64.7 Å². The van der Waals surface area contributed by atoms with E-state index in [2.05, 4.69) is 38.9 Å². The third kappa shape index (κ3) is 8.78. The summed E-state index contributed by atoms with van der Waals surface area (Å²) in [6, 6.07) is 2.72. The highest BCUT2D eigenvalue weighted by Gasteiger charge is 2.46. The monoisotopic (exact) mass is 643 g/mol. The molecule has 8 atom stereocenters. The van der Waals surface area contributed by atoms with Gasteiger partial charge in [0.15, 0.2) is 0 Å². The van der Waals surface area contributed by atoms with Crippen LogP contribution in [0.25, 0.3) is 0 Å². The highest BCUT2D eigenvalue weighted by atomic mass is 16.5. The number of allylic oxidation sites excluding steroid dienone is 1. The van der Waals surface area contributed by atoms with Crippen molar-refractivity contribution >= 4 is 17.9 Å². The average Bonchev–Trinajstić information content (AvgIpc) is 3.61. The normalized spacial score (nSPS) is 29.9. The van der Waals surface area contributed by atoms with Crippen molar-refractivity contribution in [3.05, 3.63) is 11.3 Å². The maximum Gasteiger partial charge on any atom is 0.348 e. The lowest BCUT2D eigenvalue weighted by atomic mass is 9.97. The molecule has 5 aliphatic heterocycles. The number of nitrogens with two attached hydrogens (primary N) is 1. The molecule has 0 bridgehead atoms. The number of unbranched alkanes of at least 4 members (excludes halogenated alkanes) is 8. The number of nitrogens with zero attached hydrogens (tertiary/aromatic N) is 2. The number of rotatable bonds is 18. The first-order chi connectivity index (χ1) is 22.2. The number of nitrogens with one attached hydrogen (secondary N) is 3. The van der Waals surface area contributed by atoms with Gasteiger partial charge in [-0.15, -0.1) is 0 Å². The minimum absolute atomic E-state index is 0.0739. The van der Waals surface area contributed by atoms with Crippen molar-refractivity contribution in [2.24, 2.45) is 5.73 Å². The third-order valence-corrected chi connectivity index (χ3v) is 11.5. The van der Waals surface area contributed by atoms with E-state index in [9.17, 15) is 9.90 Å². The lowest BCUT2D eigenvalue weighted by Crippen LogP contribution is -2.61.